The van der Waals surface area contributed by atoms with Crippen LogP contribution < -0.4 is 10.9 Å². The molecule has 10 heteroatoms. The normalized spacial score (nSPS) is 12.1. The third-order valence-electron chi connectivity index (χ3n) is 5.17. The largest absolute Gasteiger partial charge is 0.416 e. The summed E-state index contributed by atoms with van der Waals surface area (Å²) in [5.41, 5.74) is 0.901. The lowest BCUT2D eigenvalue weighted by Gasteiger charge is -2.15. The quantitative estimate of drug-likeness (QED) is 0.514. The third kappa shape index (κ3) is 3.95. The van der Waals surface area contributed by atoms with Crippen molar-refractivity contribution in [1.82, 2.24) is 19.2 Å². The molecule has 1 aromatic carbocycles. The van der Waals surface area contributed by atoms with Crippen LogP contribution in [0.2, 0.25) is 0 Å². The van der Waals surface area contributed by atoms with Crippen LogP contribution in [0, 0.1) is 6.92 Å². The Morgan fingerprint density at radius 1 is 1.19 bits per heavy atom. The van der Waals surface area contributed by atoms with Gasteiger partial charge in [0.2, 0.25) is 5.91 Å². The highest BCUT2D eigenvalue weighted by atomic mass is 19.4. The highest BCUT2D eigenvalue weighted by Crippen LogP contribution is 2.32. The highest BCUT2D eigenvalue weighted by Gasteiger charge is 2.31. The van der Waals surface area contributed by atoms with Gasteiger partial charge in [0, 0.05) is 24.0 Å². The summed E-state index contributed by atoms with van der Waals surface area (Å²) in [7, 11) is 0. The fourth-order valence-corrected chi connectivity index (χ4v) is 3.54. The maximum absolute atomic E-state index is 13.2. The Hall–Kier alpha value is -3.69. The first-order valence-corrected chi connectivity index (χ1v) is 9.89. The number of fused-ring (bicyclic) bond motifs is 2. The van der Waals surface area contributed by atoms with E-state index in [4.69, 9.17) is 0 Å². The number of pyridine rings is 1. The second-order valence-electron chi connectivity index (χ2n) is 7.87. The molecule has 1 amide bonds. The molecule has 3 aromatic heterocycles. The number of hydrogen-bond acceptors (Lipinski definition) is 4. The molecule has 3 heterocycles. The Morgan fingerprint density at radius 2 is 1.94 bits per heavy atom. The van der Waals surface area contributed by atoms with Gasteiger partial charge in [-0.15, -0.1) is 0 Å². The number of benzene rings is 1. The van der Waals surface area contributed by atoms with Crippen LogP contribution in [0.5, 0.6) is 0 Å². The van der Waals surface area contributed by atoms with E-state index < -0.39 is 23.2 Å². The van der Waals surface area contributed by atoms with Gasteiger partial charge in [0.15, 0.2) is 0 Å². The summed E-state index contributed by atoms with van der Waals surface area (Å²) in [5, 5.41) is 7.21. The first kappa shape index (κ1) is 21.5. The minimum atomic E-state index is -4.54. The van der Waals surface area contributed by atoms with Crippen molar-refractivity contribution in [2.45, 2.75) is 39.4 Å². The molecule has 4 aromatic rings. The van der Waals surface area contributed by atoms with Crippen LogP contribution in [0.1, 0.15) is 36.6 Å². The van der Waals surface area contributed by atoms with Crippen molar-refractivity contribution in [3.63, 3.8) is 0 Å². The molecule has 0 saturated heterocycles. The summed E-state index contributed by atoms with van der Waals surface area (Å²) in [4.78, 5) is 29.7. The minimum absolute atomic E-state index is 0.0838. The Kier molecular flexibility index (Phi) is 5.23. The van der Waals surface area contributed by atoms with Crippen LogP contribution in [0.4, 0.5) is 18.9 Å². The van der Waals surface area contributed by atoms with Gasteiger partial charge in [-0.05, 0) is 42.7 Å². The van der Waals surface area contributed by atoms with Crippen molar-refractivity contribution < 1.29 is 18.0 Å². The van der Waals surface area contributed by atoms with Crippen LogP contribution in [-0.4, -0.2) is 25.1 Å². The van der Waals surface area contributed by atoms with E-state index in [0.29, 0.717) is 11.4 Å². The number of aryl methyl sites for hydroxylation is 1. The summed E-state index contributed by atoms with van der Waals surface area (Å²) in [6.07, 6.45) is 0.552. The third-order valence-corrected chi connectivity index (χ3v) is 5.17. The number of aromatic nitrogens is 4. The number of nitrogens with zero attached hydrogens (tertiary/aromatic N) is 4. The molecule has 0 fully saturated rings. The Bertz CT molecular complexity index is 1400. The van der Waals surface area contributed by atoms with E-state index in [-0.39, 0.29) is 23.2 Å². The van der Waals surface area contributed by atoms with Gasteiger partial charge in [-0.2, -0.15) is 18.3 Å². The van der Waals surface area contributed by atoms with E-state index in [2.05, 4.69) is 15.4 Å². The molecule has 0 spiro atoms. The number of nitrogens with one attached hydrogen (secondary N) is 1. The number of imidazole rings is 1. The number of hydrogen-bond donors (Lipinski definition) is 1. The fourth-order valence-electron chi connectivity index (χ4n) is 3.54. The van der Waals surface area contributed by atoms with Gasteiger partial charge in [0.1, 0.15) is 12.2 Å². The SMILES string of the molecule is Cc1cc2nccn2cc1NC(=O)Cn1nc(C(C)C)c2cc(C(F)(F)F)ccc2c1=O. The fraction of sp³-hybridized carbons (Fsp3) is 0.273. The van der Waals surface area contributed by atoms with Gasteiger partial charge in [-0.25, -0.2) is 9.67 Å². The molecule has 166 valence electrons. The molecule has 32 heavy (non-hydrogen) atoms. The van der Waals surface area contributed by atoms with E-state index in [0.717, 1.165) is 34.1 Å². The van der Waals surface area contributed by atoms with Gasteiger partial charge < -0.3 is 9.72 Å². The van der Waals surface area contributed by atoms with Crippen LogP contribution in [0.3, 0.4) is 0 Å². The monoisotopic (exact) mass is 443 g/mol. The molecular weight excluding hydrogens is 423 g/mol. The number of carbonyl (C=O) groups excluding carboxylic acids is 1. The summed E-state index contributed by atoms with van der Waals surface area (Å²) in [5.74, 6) is -0.745. The zero-order chi connectivity index (χ0) is 23.2. The minimum Gasteiger partial charge on any atom is -0.323 e. The zero-order valence-corrected chi connectivity index (χ0v) is 17.6. The van der Waals surface area contributed by atoms with Gasteiger partial charge >= 0.3 is 6.18 Å². The smallest absolute Gasteiger partial charge is 0.323 e. The van der Waals surface area contributed by atoms with Gasteiger partial charge in [-0.1, -0.05) is 13.8 Å². The van der Waals surface area contributed by atoms with Gasteiger partial charge in [0.25, 0.3) is 5.56 Å². The first-order valence-electron chi connectivity index (χ1n) is 9.89. The number of carbonyl (C=O) groups is 1. The van der Waals surface area contributed by atoms with Crippen molar-refractivity contribution in [3.8, 4) is 0 Å². The zero-order valence-electron chi connectivity index (χ0n) is 17.6. The number of alkyl halides is 3. The molecule has 0 saturated carbocycles. The van der Waals surface area contributed by atoms with E-state index in [9.17, 15) is 22.8 Å². The predicted molar refractivity (Wildman–Crippen MR) is 114 cm³/mol. The summed E-state index contributed by atoms with van der Waals surface area (Å²) in [6.45, 7) is 4.97. The Morgan fingerprint density at radius 3 is 2.62 bits per heavy atom. The molecule has 0 unspecified atom stereocenters. The molecule has 0 radical (unpaired) electrons. The van der Waals surface area contributed by atoms with Crippen molar-refractivity contribution in [3.05, 3.63) is 70.0 Å². The topological polar surface area (TPSA) is 81.3 Å². The summed E-state index contributed by atoms with van der Waals surface area (Å²) < 4.78 is 42.2. The van der Waals surface area contributed by atoms with E-state index >= 15 is 0 Å². The van der Waals surface area contributed by atoms with Crippen molar-refractivity contribution >= 4 is 28.0 Å². The highest BCUT2D eigenvalue weighted by molar-refractivity contribution is 5.92. The van der Waals surface area contributed by atoms with Crippen LogP contribution in [0.25, 0.3) is 16.4 Å². The lowest BCUT2D eigenvalue weighted by atomic mass is 10.0. The molecule has 1 N–H and O–H groups in total. The number of halogens is 3. The van der Waals surface area contributed by atoms with Crippen LogP contribution in [0.15, 0.2) is 47.7 Å². The van der Waals surface area contributed by atoms with E-state index in [1.54, 1.807) is 36.8 Å². The molecule has 0 aliphatic rings. The number of amides is 1. The molecular formula is C22H20F3N5O2. The van der Waals surface area contributed by atoms with E-state index in [1.165, 1.54) is 0 Å². The maximum atomic E-state index is 13.2. The first-order chi connectivity index (χ1) is 15.0. The molecule has 0 bridgehead atoms. The number of rotatable bonds is 4. The molecule has 0 aliphatic heterocycles. The Labute approximate surface area is 180 Å². The average molecular weight is 443 g/mol. The average Bonchev–Trinajstić information content (AvgIpc) is 3.16. The standard InChI is InChI=1S/C22H20F3N5O2/c1-12(2)20-16-9-14(22(23,24)25)4-5-15(16)21(32)30(28-20)11-19(31)27-17-10-29-7-6-26-18(29)8-13(17)3/h4-10,12H,11H2,1-3H3,(H,27,31). The lowest BCUT2D eigenvalue weighted by molar-refractivity contribution is -0.137. The molecule has 0 aliphatic carbocycles. The maximum Gasteiger partial charge on any atom is 0.416 e. The summed E-state index contributed by atoms with van der Waals surface area (Å²) >= 11 is 0. The molecule has 7 nitrogen and oxygen atoms in total. The van der Waals surface area contributed by atoms with Gasteiger partial charge in [-0.3, -0.25) is 9.59 Å². The van der Waals surface area contributed by atoms with Gasteiger partial charge in [0.05, 0.1) is 22.3 Å². The van der Waals surface area contributed by atoms with Crippen LogP contribution in [-0.2, 0) is 17.5 Å². The van der Waals surface area contributed by atoms with Crippen molar-refractivity contribution in [2.24, 2.45) is 0 Å². The van der Waals surface area contributed by atoms with E-state index in [1.807, 2.05) is 13.0 Å². The summed E-state index contributed by atoms with van der Waals surface area (Å²) in [6, 6.07) is 4.75. The lowest BCUT2D eigenvalue weighted by Crippen LogP contribution is -2.31. The second-order valence-corrected chi connectivity index (χ2v) is 7.87. The number of anilines is 1. The van der Waals surface area contributed by atoms with Crippen molar-refractivity contribution in [1.29, 1.82) is 0 Å². The second kappa shape index (κ2) is 7.77. The molecule has 4 rings (SSSR count). The molecule has 0 atom stereocenters. The Balaban J connectivity index is 1.70. The van der Waals surface area contributed by atoms with Crippen molar-refractivity contribution in [2.75, 3.05) is 5.32 Å². The predicted octanol–water partition coefficient (Wildman–Crippen LogP) is 4.13. The van der Waals surface area contributed by atoms with Crippen LogP contribution >= 0.6 is 0 Å².